The van der Waals surface area contributed by atoms with Gasteiger partial charge >= 0.3 is 0 Å². The molecular formula is C15H25N3O2S. The molecule has 0 atom stereocenters. The van der Waals surface area contributed by atoms with Crippen molar-refractivity contribution < 1.29 is 8.42 Å². The molecule has 0 saturated carbocycles. The third kappa shape index (κ3) is 4.78. The summed E-state index contributed by atoms with van der Waals surface area (Å²) in [7, 11) is -1.60. The van der Waals surface area contributed by atoms with Crippen LogP contribution in [0.15, 0.2) is 30.3 Å². The lowest BCUT2D eigenvalue weighted by Gasteiger charge is -2.30. The van der Waals surface area contributed by atoms with E-state index in [2.05, 4.69) is 17.4 Å². The topological polar surface area (TPSA) is 52.7 Å². The molecule has 21 heavy (non-hydrogen) atoms. The number of hydrogen-bond acceptors (Lipinski definition) is 3. The van der Waals surface area contributed by atoms with Gasteiger partial charge in [-0.05, 0) is 24.8 Å². The molecule has 0 unspecified atom stereocenters. The van der Waals surface area contributed by atoms with Gasteiger partial charge in [-0.25, -0.2) is 0 Å². The van der Waals surface area contributed by atoms with Crippen LogP contribution in [-0.2, 0) is 16.6 Å². The number of benzene rings is 1. The van der Waals surface area contributed by atoms with E-state index in [-0.39, 0.29) is 0 Å². The zero-order valence-electron chi connectivity index (χ0n) is 12.7. The lowest BCUT2D eigenvalue weighted by Crippen LogP contribution is -2.51. The summed E-state index contributed by atoms with van der Waals surface area (Å²) in [5.41, 5.74) is 1.31. The van der Waals surface area contributed by atoms with E-state index in [1.165, 1.54) is 9.87 Å². The summed E-state index contributed by atoms with van der Waals surface area (Å²) in [5, 5.41) is 3.17. The third-order valence-electron chi connectivity index (χ3n) is 3.83. The largest absolute Gasteiger partial charge is 0.314 e. The van der Waals surface area contributed by atoms with Crippen LogP contribution >= 0.6 is 0 Å². The van der Waals surface area contributed by atoms with Crippen molar-refractivity contribution in [1.29, 1.82) is 0 Å². The van der Waals surface area contributed by atoms with Crippen LogP contribution in [0.1, 0.15) is 18.4 Å². The zero-order valence-corrected chi connectivity index (χ0v) is 13.5. The summed E-state index contributed by atoms with van der Waals surface area (Å²) in [5.74, 6) is 0. The van der Waals surface area contributed by atoms with Crippen molar-refractivity contribution in [2.24, 2.45) is 0 Å². The normalized spacial score (nSPS) is 17.2. The predicted octanol–water partition coefficient (Wildman–Crippen LogP) is 1.09. The highest BCUT2D eigenvalue weighted by Crippen LogP contribution is 2.10. The van der Waals surface area contributed by atoms with Gasteiger partial charge < -0.3 is 5.32 Å². The summed E-state index contributed by atoms with van der Waals surface area (Å²) >= 11 is 0. The Balaban J connectivity index is 1.74. The molecule has 5 nitrogen and oxygen atoms in total. The maximum Gasteiger partial charge on any atom is 0.281 e. The first-order valence-corrected chi connectivity index (χ1v) is 8.96. The van der Waals surface area contributed by atoms with Crippen molar-refractivity contribution in [2.75, 3.05) is 39.8 Å². The van der Waals surface area contributed by atoms with Gasteiger partial charge in [0.15, 0.2) is 0 Å². The minimum absolute atomic E-state index is 0.566. The molecule has 1 heterocycles. The molecule has 1 N–H and O–H groups in total. The molecule has 0 aliphatic carbocycles. The summed E-state index contributed by atoms with van der Waals surface area (Å²) in [6.45, 7) is 3.19. The first-order chi connectivity index (χ1) is 10.1. The van der Waals surface area contributed by atoms with Crippen LogP contribution < -0.4 is 5.32 Å². The Kier molecular flexibility index (Phi) is 6.17. The van der Waals surface area contributed by atoms with Crippen LogP contribution in [0.25, 0.3) is 0 Å². The molecule has 6 heteroatoms. The second kappa shape index (κ2) is 7.89. The molecule has 0 aromatic heterocycles. The first kappa shape index (κ1) is 16.4. The van der Waals surface area contributed by atoms with Crippen LogP contribution in [0, 0.1) is 0 Å². The van der Waals surface area contributed by atoms with E-state index in [4.69, 9.17) is 0 Å². The molecule has 1 aromatic rings. The molecule has 1 aliphatic heterocycles. The molecule has 0 spiro atoms. The Bertz CT molecular complexity index is 513. The van der Waals surface area contributed by atoms with Gasteiger partial charge in [0.2, 0.25) is 0 Å². The fourth-order valence-electron chi connectivity index (χ4n) is 2.50. The Morgan fingerprint density at radius 2 is 1.81 bits per heavy atom. The molecule has 1 saturated heterocycles. The van der Waals surface area contributed by atoms with E-state index in [9.17, 15) is 8.42 Å². The third-order valence-corrected chi connectivity index (χ3v) is 5.82. The molecule has 1 aliphatic rings. The van der Waals surface area contributed by atoms with Crippen molar-refractivity contribution in [3.8, 4) is 0 Å². The monoisotopic (exact) mass is 311 g/mol. The van der Waals surface area contributed by atoms with E-state index in [0.29, 0.717) is 19.6 Å². The van der Waals surface area contributed by atoms with E-state index >= 15 is 0 Å². The first-order valence-electron chi connectivity index (χ1n) is 7.57. The van der Waals surface area contributed by atoms with Gasteiger partial charge in [0.1, 0.15) is 0 Å². The zero-order chi connectivity index (χ0) is 15.1. The SMILES string of the molecule is CN(CCCCc1ccccc1)S(=O)(=O)N1CCNCC1. The van der Waals surface area contributed by atoms with Gasteiger partial charge in [-0.15, -0.1) is 0 Å². The lowest BCUT2D eigenvalue weighted by molar-refractivity contribution is 0.324. The molecule has 1 aromatic carbocycles. The molecule has 2 rings (SSSR count). The molecule has 1 fully saturated rings. The minimum Gasteiger partial charge on any atom is -0.314 e. The van der Waals surface area contributed by atoms with Gasteiger partial charge in [0.05, 0.1) is 0 Å². The number of unbranched alkanes of at least 4 members (excludes halogenated alkanes) is 1. The second-order valence-corrected chi connectivity index (χ2v) is 7.46. The number of rotatable bonds is 7. The lowest BCUT2D eigenvalue weighted by atomic mass is 10.1. The van der Waals surface area contributed by atoms with Crippen molar-refractivity contribution in [3.05, 3.63) is 35.9 Å². The average Bonchev–Trinajstić information content (AvgIpc) is 2.53. The number of hydrogen-bond donors (Lipinski definition) is 1. The van der Waals surface area contributed by atoms with Crippen molar-refractivity contribution in [1.82, 2.24) is 13.9 Å². The highest BCUT2D eigenvalue weighted by atomic mass is 32.2. The van der Waals surface area contributed by atoms with Gasteiger partial charge in [0, 0.05) is 39.8 Å². The highest BCUT2D eigenvalue weighted by Gasteiger charge is 2.27. The summed E-state index contributed by atoms with van der Waals surface area (Å²) < 4.78 is 27.8. The summed E-state index contributed by atoms with van der Waals surface area (Å²) in [4.78, 5) is 0. The molecule has 0 radical (unpaired) electrons. The smallest absolute Gasteiger partial charge is 0.281 e. The number of piperazine rings is 1. The van der Waals surface area contributed by atoms with Crippen LogP contribution in [0.4, 0.5) is 0 Å². The van der Waals surface area contributed by atoms with Crippen molar-refractivity contribution >= 4 is 10.2 Å². The Labute approximate surface area is 128 Å². The summed E-state index contributed by atoms with van der Waals surface area (Å²) in [6.07, 6.45) is 2.89. The van der Waals surface area contributed by atoms with E-state index in [1.54, 1.807) is 11.4 Å². The maximum atomic E-state index is 12.4. The van der Waals surface area contributed by atoms with E-state index < -0.39 is 10.2 Å². The van der Waals surface area contributed by atoms with Crippen LogP contribution in [0.2, 0.25) is 0 Å². The Morgan fingerprint density at radius 1 is 1.14 bits per heavy atom. The predicted molar refractivity (Wildman–Crippen MR) is 85.4 cm³/mol. The van der Waals surface area contributed by atoms with Crippen LogP contribution in [0.5, 0.6) is 0 Å². The molecule has 0 amide bonds. The van der Waals surface area contributed by atoms with Crippen molar-refractivity contribution in [2.45, 2.75) is 19.3 Å². The van der Waals surface area contributed by atoms with E-state index in [0.717, 1.165) is 32.4 Å². The maximum absolute atomic E-state index is 12.4. The van der Waals surface area contributed by atoms with Gasteiger partial charge in [-0.3, -0.25) is 0 Å². The fourth-order valence-corrected chi connectivity index (χ4v) is 3.89. The molecular weight excluding hydrogens is 286 g/mol. The minimum atomic E-state index is -3.28. The van der Waals surface area contributed by atoms with Crippen LogP contribution in [0.3, 0.4) is 0 Å². The van der Waals surface area contributed by atoms with Crippen molar-refractivity contribution in [3.63, 3.8) is 0 Å². The standard InChI is InChI=1S/C15H25N3O2S/c1-17(21(19,20)18-13-10-16-11-14-18)12-6-5-9-15-7-3-2-4-8-15/h2-4,7-8,16H,5-6,9-14H2,1H3. The van der Waals surface area contributed by atoms with Crippen LogP contribution in [-0.4, -0.2) is 56.8 Å². The quantitative estimate of drug-likeness (QED) is 0.767. The average molecular weight is 311 g/mol. The van der Waals surface area contributed by atoms with Gasteiger partial charge in [0.25, 0.3) is 10.2 Å². The molecule has 118 valence electrons. The number of aryl methyl sites for hydroxylation is 1. The van der Waals surface area contributed by atoms with E-state index in [1.807, 2.05) is 18.2 Å². The van der Waals surface area contributed by atoms with Gasteiger partial charge in [-0.2, -0.15) is 17.0 Å². The second-order valence-electron chi connectivity index (χ2n) is 5.42. The highest BCUT2D eigenvalue weighted by molar-refractivity contribution is 7.86. The number of nitrogens with one attached hydrogen (secondary N) is 1. The molecule has 0 bridgehead atoms. The number of nitrogens with zero attached hydrogens (tertiary/aromatic N) is 2. The Morgan fingerprint density at radius 3 is 2.48 bits per heavy atom. The van der Waals surface area contributed by atoms with Gasteiger partial charge in [-0.1, -0.05) is 30.3 Å². The fraction of sp³-hybridized carbons (Fsp3) is 0.600. The summed E-state index contributed by atoms with van der Waals surface area (Å²) in [6, 6.07) is 10.3. The Hall–Kier alpha value is -0.950.